The summed E-state index contributed by atoms with van der Waals surface area (Å²) in [5.74, 6) is 2.15. The number of carbonyl (C=O) groups excluding carboxylic acids is 2. The molecule has 10 heteroatoms. The third kappa shape index (κ3) is 8.39. The normalized spacial score (nSPS) is 15.0. The lowest BCUT2D eigenvalue weighted by Crippen LogP contribution is -2.09. The summed E-state index contributed by atoms with van der Waals surface area (Å²) in [7, 11) is 6.30. The van der Waals surface area contributed by atoms with E-state index >= 15 is 0 Å². The highest BCUT2D eigenvalue weighted by Gasteiger charge is 2.17. The van der Waals surface area contributed by atoms with Crippen molar-refractivity contribution in [2.75, 3.05) is 54.9 Å². The SMILES string of the molecule is COc1ccc2cc1COCCOCc1cc(ccc1OC)C(=O)c1ccc(OC)c(c1)COCCOCc1cc(ccc1OC)C2=O. The quantitative estimate of drug-likeness (QED) is 0.261. The zero-order valence-electron chi connectivity index (χ0n) is 27.7. The molecule has 1 aliphatic heterocycles. The molecule has 0 unspecified atom stereocenters. The maximum Gasteiger partial charge on any atom is 0.193 e. The van der Waals surface area contributed by atoms with Gasteiger partial charge in [0.25, 0.3) is 0 Å². The van der Waals surface area contributed by atoms with Gasteiger partial charge in [-0.05, 0) is 72.8 Å². The number of rotatable bonds is 4. The van der Waals surface area contributed by atoms with Crippen molar-refractivity contribution < 1.29 is 47.5 Å². The van der Waals surface area contributed by atoms with Crippen LogP contribution < -0.4 is 18.9 Å². The molecule has 0 atom stereocenters. The number of fused-ring (bicyclic) bond motifs is 8. The van der Waals surface area contributed by atoms with E-state index in [0.717, 1.165) is 22.3 Å². The largest absolute Gasteiger partial charge is 0.496 e. The second-order valence-electron chi connectivity index (χ2n) is 11.0. The first kappa shape index (κ1) is 34.6. The Morgan fingerprint density at radius 2 is 0.625 bits per heavy atom. The third-order valence-electron chi connectivity index (χ3n) is 7.94. The van der Waals surface area contributed by atoms with Gasteiger partial charge in [0.1, 0.15) is 23.0 Å². The number of ketones is 2. The van der Waals surface area contributed by atoms with Gasteiger partial charge in [-0.25, -0.2) is 0 Å². The zero-order valence-corrected chi connectivity index (χ0v) is 27.7. The van der Waals surface area contributed by atoms with Gasteiger partial charge in [-0.2, -0.15) is 0 Å². The van der Waals surface area contributed by atoms with E-state index in [2.05, 4.69) is 0 Å². The molecule has 0 aromatic heterocycles. The highest BCUT2D eigenvalue weighted by atomic mass is 16.5. The number of hydrogen-bond acceptors (Lipinski definition) is 10. The Labute approximate surface area is 280 Å². The molecule has 0 N–H and O–H groups in total. The lowest BCUT2D eigenvalue weighted by atomic mass is 9.99. The summed E-state index contributed by atoms with van der Waals surface area (Å²) in [4.78, 5) is 27.1. The number of methoxy groups -OCH3 is 4. The van der Waals surface area contributed by atoms with Crippen molar-refractivity contribution in [1.82, 2.24) is 0 Å². The standard InChI is InChI=1S/C38H40O10/c1-41-33-9-5-25-17-29(33)21-45-13-14-46-22-31-19-27(7-11-35(31)43-3)38(40)28-8-12-36(44-4)32(20-28)24-48-16-15-47-23-30-18-26(37(25)39)6-10-34(30)42-2/h5-12,17-20H,13-16,21-24H2,1-4H3. The summed E-state index contributed by atoms with van der Waals surface area (Å²) in [5, 5.41) is 0. The monoisotopic (exact) mass is 656 g/mol. The van der Waals surface area contributed by atoms with Crippen LogP contribution in [0.3, 0.4) is 0 Å². The van der Waals surface area contributed by atoms with E-state index in [1.165, 1.54) is 0 Å². The maximum atomic E-state index is 13.6. The van der Waals surface area contributed by atoms with Gasteiger partial charge in [0.2, 0.25) is 0 Å². The van der Waals surface area contributed by atoms with Crippen LogP contribution in [0.2, 0.25) is 0 Å². The predicted octanol–water partition coefficient (Wildman–Crippen LogP) is 5.96. The van der Waals surface area contributed by atoms with Gasteiger partial charge >= 0.3 is 0 Å². The zero-order chi connectivity index (χ0) is 33.9. The fourth-order valence-electron chi connectivity index (χ4n) is 5.43. The summed E-state index contributed by atoms with van der Waals surface area (Å²) in [6.07, 6.45) is 0. The molecule has 0 radical (unpaired) electrons. The van der Waals surface area contributed by atoms with Gasteiger partial charge in [0, 0.05) is 44.5 Å². The third-order valence-corrected chi connectivity index (χ3v) is 7.94. The Morgan fingerprint density at radius 1 is 0.396 bits per heavy atom. The van der Waals surface area contributed by atoms with Crippen LogP contribution in [0, 0.1) is 0 Å². The Balaban J connectivity index is 1.40. The molecule has 4 aromatic rings. The molecule has 1 aliphatic rings. The number of benzene rings is 4. The van der Waals surface area contributed by atoms with Crippen LogP contribution in [0.15, 0.2) is 72.8 Å². The highest BCUT2D eigenvalue weighted by molar-refractivity contribution is 6.10. The summed E-state index contributed by atoms with van der Waals surface area (Å²) in [6, 6.07) is 21.1. The fourth-order valence-corrected chi connectivity index (χ4v) is 5.43. The highest BCUT2D eigenvalue weighted by Crippen LogP contribution is 2.28. The van der Waals surface area contributed by atoms with Crippen molar-refractivity contribution >= 4 is 11.6 Å². The van der Waals surface area contributed by atoms with Crippen LogP contribution in [0.4, 0.5) is 0 Å². The molecular weight excluding hydrogens is 616 g/mol. The van der Waals surface area contributed by atoms with E-state index in [-0.39, 0.29) is 38.0 Å². The van der Waals surface area contributed by atoms with Crippen molar-refractivity contribution in [1.29, 1.82) is 0 Å². The minimum absolute atomic E-state index is 0.151. The summed E-state index contributed by atoms with van der Waals surface area (Å²) in [6.45, 7) is 2.04. The molecule has 48 heavy (non-hydrogen) atoms. The maximum absolute atomic E-state index is 13.6. The molecule has 0 fully saturated rings. The van der Waals surface area contributed by atoms with E-state index in [9.17, 15) is 9.59 Å². The topological polar surface area (TPSA) is 108 Å². The van der Waals surface area contributed by atoms with Gasteiger partial charge in [-0.15, -0.1) is 0 Å². The van der Waals surface area contributed by atoms with E-state index < -0.39 is 0 Å². The smallest absolute Gasteiger partial charge is 0.193 e. The number of hydrogen-bond donors (Lipinski definition) is 0. The molecule has 0 amide bonds. The van der Waals surface area contributed by atoms with Crippen molar-refractivity contribution in [3.63, 3.8) is 0 Å². The molecular formula is C38H40O10. The van der Waals surface area contributed by atoms with E-state index in [1.807, 2.05) is 0 Å². The average molecular weight is 657 g/mol. The first-order valence-electron chi connectivity index (χ1n) is 15.5. The summed E-state index contributed by atoms with van der Waals surface area (Å²) < 4.78 is 45.7. The second-order valence-corrected chi connectivity index (χ2v) is 11.0. The van der Waals surface area contributed by atoms with Crippen molar-refractivity contribution in [2.45, 2.75) is 26.4 Å². The van der Waals surface area contributed by atoms with Crippen LogP contribution in [-0.4, -0.2) is 66.4 Å². The van der Waals surface area contributed by atoms with Gasteiger partial charge in [-0.3, -0.25) is 9.59 Å². The fraction of sp³-hybridized carbons (Fsp3) is 0.316. The Kier molecular flexibility index (Phi) is 12.2. The summed E-state index contributed by atoms with van der Waals surface area (Å²) >= 11 is 0. The molecule has 0 aliphatic carbocycles. The molecule has 5 rings (SSSR count). The Hall–Kier alpha value is -4.74. The van der Waals surface area contributed by atoms with Gasteiger partial charge < -0.3 is 37.9 Å². The first-order valence-corrected chi connectivity index (χ1v) is 15.5. The van der Waals surface area contributed by atoms with Crippen LogP contribution in [0.5, 0.6) is 23.0 Å². The molecule has 0 spiro atoms. The molecule has 8 bridgehead atoms. The number of carbonyl (C=O) groups is 2. The van der Waals surface area contributed by atoms with Crippen LogP contribution in [-0.2, 0) is 45.4 Å². The number of ether oxygens (including phenoxy) is 8. The molecule has 0 saturated heterocycles. The van der Waals surface area contributed by atoms with Crippen LogP contribution in [0.25, 0.3) is 0 Å². The molecule has 252 valence electrons. The second kappa shape index (κ2) is 16.9. The minimum Gasteiger partial charge on any atom is -0.496 e. The Morgan fingerprint density at radius 3 is 0.833 bits per heavy atom. The first-order chi connectivity index (χ1) is 23.4. The molecule has 0 saturated carbocycles. The van der Waals surface area contributed by atoms with Crippen molar-refractivity contribution in [3.8, 4) is 23.0 Å². The molecule has 1 heterocycles. The summed E-state index contributed by atoms with van der Waals surface area (Å²) in [5.41, 5.74) is 4.93. The van der Waals surface area contributed by atoms with Crippen LogP contribution in [0.1, 0.15) is 54.1 Å². The lowest BCUT2D eigenvalue weighted by Gasteiger charge is -2.14. The molecule has 10 nitrogen and oxygen atoms in total. The van der Waals surface area contributed by atoms with E-state index in [0.29, 0.717) is 71.7 Å². The van der Waals surface area contributed by atoms with Gasteiger partial charge in [0.05, 0.1) is 81.3 Å². The van der Waals surface area contributed by atoms with Gasteiger partial charge in [0.15, 0.2) is 11.6 Å². The minimum atomic E-state index is -0.151. The lowest BCUT2D eigenvalue weighted by molar-refractivity contribution is 0.0327. The van der Waals surface area contributed by atoms with E-state index in [4.69, 9.17) is 37.9 Å². The molecule has 4 aromatic carbocycles. The average Bonchev–Trinajstić information content (AvgIpc) is 3.13. The van der Waals surface area contributed by atoms with Crippen molar-refractivity contribution in [2.24, 2.45) is 0 Å². The van der Waals surface area contributed by atoms with Crippen LogP contribution >= 0.6 is 0 Å². The Bertz CT molecular complexity index is 1480. The van der Waals surface area contributed by atoms with E-state index in [1.54, 1.807) is 101 Å². The van der Waals surface area contributed by atoms with Crippen molar-refractivity contribution in [3.05, 3.63) is 117 Å². The van der Waals surface area contributed by atoms with Gasteiger partial charge in [-0.1, -0.05) is 0 Å². The predicted molar refractivity (Wildman–Crippen MR) is 177 cm³/mol.